The summed E-state index contributed by atoms with van der Waals surface area (Å²) in [7, 11) is 0. The highest BCUT2D eigenvalue weighted by molar-refractivity contribution is 4.86. The van der Waals surface area contributed by atoms with Crippen LogP contribution in [0, 0.1) is 0 Å². The minimum atomic E-state index is 0.576. The van der Waals surface area contributed by atoms with Gasteiger partial charge in [-0.3, -0.25) is 0 Å². The van der Waals surface area contributed by atoms with Crippen LogP contribution in [0.4, 0.5) is 0 Å². The fourth-order valence-electron chi connectivity index (χ4n) is 2.92. The molecular formula is C18H35N2+. The first-order valence-electron chi connectivity index (χ1n) is 8.79. The summed E-state index contributed by atoms with van der Waals surface area (Å²) in [5.41, 5.74) is 0. The molecule has 2 heteroatoms. The van der Waals surface area contributed by atoms with Crippen LogP contribution >= 0.6 is 0 Å². The van der Waals surface area contributed by atoms with Gasteiger partial charge in [-0.1, -0.05) is 51.9 Å². The van der Waals surface area contributed by atoms with E-state index >= 15 is 0 Å². The van der Waals surface area contributed by atoms with Crippen molar-refractivity contribution >= 4 is 0 Å². The van der Waals surface area contributed by atoms with Crippen molar-refractivity contribution < 1.29 is 4.57 Å². The van der Waals surface area contributed by atoms with Gasteiger partial charge in [0.15, 0.2) is 0 Å². The third-order valence-electron chi connectivity index (χ3n) is 4.19. The molecule has 2 nitrogen and oxygen atoms in total. The fraction of sp³-hybridized carbons (Fsp3) is 0.833. The van der Waals surface area contributed by atoms with E-state index in [1.165, 1.54) is 63.6 Å². The lowest BCUT2D eigenvalue weighted by molar-refractivity contribution is -0.700. The summed E-state index contributed by atoms with van der Waals surface area (Å²) in [6, 6.07) is 0.576. The quantitative estimate of drug-likeness (QED) is 0.395. The fourth-order valence-corrected chi connectivity index (χ4v) is 2.92. The lowest BCUT2D eigenvalue weighted by atomic mass is 10.1. The maximum atomic E-state index is 2.44. The van der Waals surface area contributed by atoms with Crippen molar-refractivity contribution in [1.29, 1.82) is 0 Å². The highest BCUT2D eigenvalue weighted by Gasteiger charge is 2.17. The topological polar surface area (TPSA) is 8.81 Å². The molecule has 20 heavy (non-hydrogen) atoms. The van der Waals surface area contributed by atoms with Gasteiger partial charge in [-0.15, -0.1) is 0 Å². The predicted octanol–water partition coefficient (Wildman–Crippen LogP) is 5.06. The molecule has 0 fully saturated rings. The Hall–Kier alpha value is -0.790. The van der Waals surface area contributed by atoms with E-state index in [1.54, 1.807) is 0 Å². The molecule has 0 aliphatic carbocycles. The van der Waals surface area contributed by atoms with E-state index < -0.39 is 0 Å². The van der Waals surface area contributed by atoms with Gasteiger partial charge in [-0.25, -0.2) is 9.13 Å². The van der Waals surface area contributed by atoms with Crippen LogP contribution in [-0.2, 0) is 13.0 Å². The molecule has 0 radical (unpaired) electrons. The molecule has 0 saturated carbocycles. The van der Waals surface area contributed by atoms with Crippen LogP contribution in [0.25, 0.3) is 0 Å². The highest BCUT2D eigenvalue weighted by Crippen LogP contribution is 2.12. The molecule has 1 aromatic rings. The monoisotopic (exact) mass is 279 g/mol. The highest BCUT2D eigenvalue weighted by atomic mass is 15.2. The Balaban J connectivity index is 2.26. The van der Waals surface area contributed by atoms with Crippen molar-refractivity contribution in [2.75, 3.05) is 0 Å². The molecule has 1 heterocycles. The Morgan fingerprint density at radius 3 is 2.10 bits per heavy atom. The molecule has 1 rings (SSSR count). The molecule has 0 aliphatic heterocycles. The van der Waals surface area contributed by atoms with Gasteiger partial charge in [0, 0.05) is 6.42 Å². The molecular weight excluding hydrogens is 244 g/mol. The summed E-state index contributed by atoms with van der Waals surface area (Å²) in [6.07, 6.45) is 16.9. The van der Waals surface area contributed by atoms with E-state index in [0.29, 0.717) is 6.04 Å². The molecule has 0 bridgehead atoms. The second kappa shape index (κ2) is 10.0. The van der Waals surface area contributed by atoms with Gasteiger partial charge < -0.3 is 0 Å². The zero-order valence-electron chi connectivity index (χ0n) is 14.2. The first kappa shape index (κ1) is 17.3. The van der Waals surface area contributed by atoms with Crippen LogP contribution < -0.4 is 4.57 Å². The lowest BCUT2D eigenvalue weighted by Crippen LogP contribution is -2.36. The van der Waals surface area contributed by atoms with E-state index in [4.69, 9.17) is 0 Å². The Morgan fingerprint density at radius 1 is 0.950 bits per heavy atom. The number of hydrogen-bond donors (Lipinski definition) is 0. The first-order valence-corrected chi connectivity index (χ1v) is 8.79. The van der Waals surface area contributed by atoms with E-state index in [-0.39, 0.29) is 0 Å². The second-order valence-corrected chi connectivity index (χ2v) is 6.23. The van der Waals surface area contributed by atoms with Crippen LogP contribution in [0.3, 0.4) is 0 Å². The first-order chi connectivity index (χ1) is 9.70. The average molecular weight is 279 g/mol. The van der Waals surface area contributed by atoms with Crippen molar-refractivity contribution in [1.82, 2.24) is 4.57 Å². The molecule has 116 valence electrons. The van der Waals surface area contributed by atoms with Crippen LogP contribution in [0.2, 0.25) is 0 Å². The number of aromatic nitrogens is 2. The molecule has 0 atom stereocenters. The van der Waals surface area contributed by atoms with Gasteiger partial charge in [-0.05, 0) is 27.2 Å². The van der Waals surface area contributed by atoms with Gasteiger partial charge >= 0.3 is 0 Å². The summed E-state index contributed by atoms with van der Waals surface area (Å²) < 4.78 is 4.84. The molecule has 0 amide bonds. The second-order valence-electron chi connectivity index (χ2n) is 6.23. The third kappa shape index (κ3) is 5.68. The molecule has 0 N–H and O–H groups in total. The molecule has 0 spiro atoms. The number of aryl methyl sites for hydroxylation is 1. The predicted molar refractivity (Wildman–Crippen MR) is 87.0 cm³/mol. The normalized spacial score (nSPS) is 11.4. The molecule has 0 aliphatic rings. The minimum Gasteiger partial charge on any atom is -0.235 e. The standard InChI is InChI=1S/C18H35N2/c1-5-7-8-9-10-11-12-13-14-18-19(6-2)15-16-20(18)17(3)4/h15-17H,5-14H2,1-4H3/q+1. The van der Waals surface area contributed by atoms with Crippen molar-refractivity contribution in [2.45, 2.75) is 98.1 Å². The Bertz CT molecular complexity index is 352. The Morgan fingerprint density at radius 2 is 1.55 bits per heavy atom. The largest absolute Gasteiger partial charge is 0.256 e. The lowest BCUT2D eigenvalue weighted by Gasteiger charge is -2.07. The van der Waals surface area contributed by atoms with Gasteiger partial charge in [-0.2, -0.15) is 0 Å². The third-order valence-corrected chi connectivity index (χ3v) is 4.19. The van der Waals surface area contributed by atoms with E-state index in [9.17, 15) is 0 Å². The minimum absolute atomic E-state index is 0.576. The Kier molecular flexibility index (Phi) is 8.64. The summed E-state index contributed by atoms with van der Waals surface area (Å²) in [5.74, 6) is 1.51. The maximum absolute atomic E-state index is 2.44. The van der Waals surface area contributed by atoms with Gasteiger partial charge in [0.1, 0.15) is 12.4 Å². The van der Waals surface area contributed by atoms with Crippen LogP contribution in [0.5, 0.6) is 0 Å². The SMILES string of the molecule is CCCCCCCCCCc1n(C(C)C)cc[n+]1CC. The number of nitrogens with zero attached hydrogens (tertiary/aromatic N) is 2. The zero-order chi connectivity index (χ0) is 14.8. The van der Waals surface area contributed by atoms with Gasteiger partial charge in [0.05, 0.1) is 12.6 Å². The number of hydrogen-bond acceptors (Lipinski definition) is 0. The Labute approximate surface area is 126 Å². The number of imidazole rings is 1. The number of rotatable bonds is 11. The molecule has 0 saturated heterocycles. The summed E-state index contributed by atoms with van der Waals surface area (Å²) in [4.78, 5) is 0. The summed E-state index contributed by atoms with van der Waals surface area (Å²) in [5, 5.41) is 0. The van der Waals surface area contributed by atoms with E-state index in [1.807, 2.05) is 0 Å². The average Bonchev–Trinajstić information content (AvgIpc) is 2.85. The van der Waals surface area contributed by atoms with Crippen molar-refractivity contribution in [3.63, 3.8) is 0 Å². The maximum Gasteiger partial charge on any atom is 0.256 e. The molecule has 0 unspecified atom stereocenters. The number of unbranched alkanes of at least 4 members (excludes halogenated alkanes) is 7. The smallest absolute Gasteiger partial charge is 0.235 e. The van der Waals surface area contributed by atoms with Crippen molar-refractivity contribution in [3.8, 4) is 0 Å². The van der Waals surface area contributed by atoms with E-state index in [2.05, 4.69) is 49.2 Å². The van der Waals surface area contributed by atoms with Gasteiger partial charge in [0.2, 0.25) is 0 Å². The zero-order valence-corrected chi connectivity index (χ0v) is 14.2. The summed E-state index contributed by atoms with van der Waals surface area (Å²) in [6.45, 7) is 10.2. The summed E-state index contributed by atoms with van der Waals surface area (Å²) >= 11 is 0. The van der Waals surface area contributed by atoms with Crippen LogP contribution in [0.1, 0.15) is 90.9 Å². The molecule has 1 aromatic heterocycles. The van der Waals surface area contributed by atoms with Crippen molar-refractivity contribution in [3.05, 3.63) is 18.2 Å². The van der Waals surface area contributed by atoms with Crippen LogP contribution in [0.15, 0.2) is 12.4 Å². The van der Waals surface area contributed by atoms with Crippen LogP contribution in [-0.4, -0.2) is 4.57 Å². The van der Waals surface area contributed by atoms with Crippen molar-refractivity contribution in [2.24, 2.45) is 0 Å². The molecule has 0 aromatic carbocycles. The van der Waals surface area contributed by atoms with Gasteiger partial charge in [0.25, 0.3) is 5.82 Å². The van der Waals surface area contributed by atoms with E-state index in [0.717, 1.165) is 6.54 Å².